The monoisotopic (exact) mass is 246 g/mol. The van der Waals surface area contributed by atoms with Crippen LogP contribution in [0.15, 0.2) is 24.3 Å². The van der Waals surface area contributed by atoms with Crippen molar-refractivity contribution in [2.75, 3.05) is 20.1 Å². The summed E-state index contributed by atoms with van der Waals surface area (Å²) in [5.41, 5.74) is 3.23. The van der Waals surface area contributed by atoms with Gasteiger partial charge in [-0.2, -0.15) is 0 Å². The van der Waals surface area contributed by atoms with Crippen molar-refractivity contribution in [2.45, 2.75) is 45.2 Å². The minimum absolute atomic E-state index is 0.350. The number of benzene rings is 1. The van der Waals surface area contributed by atoms with Crippen LogP contribution in [0.1, 0.15) is 37.8 Å². The van der Waals surface area contributed by atoms with E-state index in [4.69, 9.17) is 0 Å². The lowest BCUT2D eigenvalue weighted by Gasteiger charge is -2.39. The maximum atomic E-state index is 3.45. The molecule has 2 nitrogen and oxygen atoms in total. The lowest BCUT2D eigenvalue weighted by atomic mass is 9.90. The zero-order valence-electron chi connectivity index (χ0n) is 12.0. The third-order valence-electron chi connectivity index (χ3n) is 4.40. The van der Waals surface area contributed by atoms with E-state index in [0.717, 1.165) is 13.0 Å². The molecule has 1 N–H and O–H groups in total. The Morgan fingerprint density at radius 3 is 2.17 bits per heavy atom. The van der Waals surface area contributed by atoms with Gasteiger partial charge in [0.2, 0.25) is 0 Å². The lowest BCUT2D eigenvalue weighted by Crippen LogP contribution is -2.49. The molecule has 18 heavy (non-hydrogen) atoms. The highest BCUT2D eigenvalue weighted by Gasteiger charge is 2.27. The van der Waals surface area contributed by atoms with E-state index in [0.29, 0.717) is 5.54 Å². The Balaban J connectivity index is 1.87. The third-order valence-corrected chi connectivity index (χ3v) is 4.40. The van der Waals surface area contributed by atoms with Crippen molar-refractivity contribution in [3.63, 3.8) is 0 Å². The van der Waals surface area contributed by atoms with Crippen LogP contribution in [0.4, 0.5) is 0 Å². The minimum atomic E-state index is 0.350. The number of rotatable bonds is 4. The van der Waals surface area contributed by atoms with Crippen LogP contribution in [0.2, 0.25) is 0 Å². The van der Waals surface area contributed by atoms with E-state index in [2.05, 4.69) is 55.4 Å². The Labute approximate surface area is 111 Å². The first kappa shape index (κ1) is 13.6. The molecular weight excluding hydrogens is 220 g/mol. The van der Waals surface area contributed by atoms with Gasteiger partial charge in [-0.25, -0.2) is 0 Å². The van der Waals surface area contributed by atoms with Crippen LogP contribution in [0.5, 0.6) is 0 Å². The summed E-state index contributed by atoms with van der Waals surface area (Å²) in [6.07, 6.45) is 3.62. The maximum Gasteiger partial charge on any atom is 0.0233 e. The fourth-order valence-corrected chi connectivity index (χ4v) is 2.59. The molecule has 2 heteroatoms. The van der Waals surface area contributed by atoms with Crippen LogP contribution in [0.3, 0.4) is 0 Å². The van der Waals surface area contributed by atoms with Crippen LogP contribution in [0.25, 0.3) is 0 Å². The second kappa shape index (κ2) is 5.85. The van der Waals surface area contributed by atoms with Crippen LogP contribution in [-0.4, -0.2) is 30.6 Å². The highest BCUT2D eigenvalue weighted by molar-refractivity contribution is 5.22. The van der Waals surface area contributed by atoms with Crippen LogP contribution < -0.4 is 5.32 Å². The van der Waals surface area contributed by atoms with Gasteiger partial charge in [-0.15, -0.1) is 0 Å². The SMILES string of the molecule is CCc1ccc(CN2CCC(C)(NC)CC2)cc1. The summed E-state index contributed by atoms with van der Waals surface area (Å²) in [5, 5.41) is 3.45. The van der Waals surface area contributed by atoms with Crippen molar-refractivity contribution in [1.29, 1.82) is 0 Å². The van der Waals surface area contributed by atoms with Gasteiger partial charge in [0, 0.05) is 25.2 Å². The van der Waals surface area contributed by atoms with Crippen molar-refractivity contribution < 1.29 is 0 Å². The number of piperidine rings is 1. The molecule has 1 aromatic carbocycles. The molecule has 0 spiro atoms. The van der Waals surface area contributed by atoms with Gasteiger partial charge >= 0.3 is 0 Å². The first-order chi connectivity index (χ1) is 8.65. The molecule has 0 aliphatic carbocycles. The van der Waals surface area contributed by atoms with Crippen molar-refractivity contribution in [3.8, 4) is 0 Å². The van der Waals surface area contributed by atoms with Crippen LogP contribution >= 0.6 is 0 Å². The Hall–Kier alpha value is -0.860. The molecule has 100 valence electrons. The molecule has 0 atom stereocenters. The summed E-state index contributed by atoms with van der Waals surface area (Å²) >= 11 is 0. The van der Waals surface area contributed by atoms with Gasteiger partial charge in [0.25, 0.3) is 0 Å². The highest BCUT2D eigenvalue weighted by atomic mass is 15.1. The number of nitrogens with zero attached hydrogens (tertiary/aromatic N) is 1. The second-order valence-electron chi connectivity index (χ2n) is 5.76. The molecule has 0 saturated carbocycles. The Kier molecular flexibility index (Phi) is 4.41. The van der Waals surface area contributed by atoms with Gasteiger partial charge in [0.05, 0.1) is 0 Å². The molecule has 1 aliphatic heterocycles. The van der Waals surface area contributed by atoms with Gasteiger partial charge in [-0.3, -0.25) is 4.90 Å². The summed E-state index contributed by atoms with van der Waals surface area (Å²) in [5.74, 6) is 0. The summed E-state index contributed by atoms with van der Waals surface area (Å²) < 4.78 is 0. The summed E-state index contributed by atoms with van der Waals surface area (Å²) in [6, 6.07) is 9.09. The van der Waals surface area contributed by atoms with E-state index >= 15 is 0 Å². The third kappa shape index (κ3) is 3.33. The normalized spacial score (nSPS) is 19.9. The van der Waals surface area contributed by atoms with E-state index in [1.807, 2.05) is 0 Å². The number of hydrogen-bond donors (Lipinski definition) is 1. The molecular formula is C16H26N2. The number of hydrogen-bond acceptors (Lipinski definition) is 2. The molecule has 1 aliphatic rings. The largest absolute Gasteiger partial charge is 0.314 e. The van der Waals surface area contributed by atoms with Gasteiger partial charge in [0.1, 0.15) is 0 Å². The van der Waals surface area contributed by atoms with Gasteiger partial charge in [-0.05, 0) is 44.4 Å². The molecule has 2 rings (SSSR count). The zero-order valence-corrected chi connectivity index (χ0v) is 12.0. The predicted octanol–water partition coefficient (Wildman–Crippen LogP) is 2.82. The average molecular weight is 246 g/mol. The first-order valence-corrected chi connectivity index (χ1v) is 7.14. The molecule has 0 radical (unpaired) electrons. The Bertz CT molecular complexity index is 361. The number of nitrogens with one attached hydrogen (secondary N) is 1. The van der Waals surface area contributed by atoms with Crippen LogP contribution in [0, 0.1) is 0 Å². The number of likely N-dealkylation sites (tertiary alicyclic amines) is 1. The van der Waals surface area contributed by atoms with Gasteiger partial charge < -0.3 is 5.32 Å². The molecule has 0 amide bonds. The van der Waals surface area contributed by atoms with E-state index in [1.54, 1.807) is 0 Å². The average Bonchev–Trinajstić information content (AvgIpc) is 2.42. The lowest BCUT2D eigenvalue weighted by molar-refractivity contribution is 0.146. The number of aryl methyl sites for hydroxylation is 1. The van der Waals surface area contributed by atoms with Crippen molar-refractivity contribution >= 4 is 0 Å². The molecule has 1 fully saturated rings. The minimum Gasteiger partial charge on any atom is -0.314 e. The van der Waals surface area contributed by atoms with Gasteiger partial charge in [0.15, 0.2) is 0 Å². The van der Waals surface area contributed by atoms with Crippen LogP contribution in [-0.2, 0) is 13.0 Å². The Morgan fingerprint density at radius 2 is 1.67 bits per heavy atom. The summed E-state index contributed by atoms with van der Waals surface area (Å²) in [6.45, 7) is 8.04. The fraction of sp³-hybridized carbons (Fsp3) is 0.625. The standard InChI is InChI=1S/C16H26N2/c1-4-14-5-7-15(8-6-14)13-18-11-9-16(2,17-3)10-12-18/h5-8,17H,4,9-13H2,1-3H3. The van der Waals surface area contributed by atoms with Crippen molar-refractivity contribution in [2.24, 2.45) is 0 Å². The zero-order chi connectivity index (χ0) is 13.0. The quantitative estimate of drug-likeness (QED) is 0.879. The van der Waals surface area contributed by atoms with E-state index in [9.17, 15) is 0 Å². The second-order valence-corrected chi connectivity index (χ2v) is 5.76. The topological polar surface area (TPSA) is 15.3 Å². The molecule has 0 aromatic heterocycles. The first-order valence-electron chi connectivity index (χ1n) is 7.14. The smallest absolute Gasteiger partial charge is 0.0233 e. The predicted molar refractivity (Wildman–Crippen MR) is 77.8 cm³/mol. The highest BCUT2D eigenvalue weighted by Crippen LogP contribution is 2.22. The molecule has 0 unspecified atom stereocenters. The van der Waals surface area contributed by atoms with E-state index in [1.165, 1.54) is 37.1 Å². The maximum absolute atomic E-state index is 3.45. The van der Waals surface area contributed by atoms with E-state index < -0.39 is 0 Å². The Morgan fingerprint density at radius 1 is 1.11 bits per heavy atom. The summed E-state index contributed by atoms with van der Waals surface area (Å²) in [4.78, 5) is 2.57. The van der Waals surface area contributed by atoms with E-state index in [-0.39, 0.29) is 0 Å². The molecule has 1 heterocycles. The van der Waals surface area contributed by atoms with Crippen molar-refractivity contribution in [3.05, 3.63) is 35.4 Å². The molecule has 0 bridgehead atoms. The fourth-order valence-electron chi connectivity index (χ4n) is 2.59. The van der Waals surface area contributed by atoms with Gasteiger partial charge in [-0.1, -0.05) is 31.2 Å². The molecule has 1 saturated heterocycles. The summed E-state index contributed by atoms with van der Waals surface area (Å²) in [7, 11) is 2.08. The molecule has 1 aromatic rings. The van der Waals surface area contributed by atoms with Crippen molar-refractivity contribution in [1.82, 2.24) is 10.2 Å².